The van der Waals surface area contributed by atoms with E-state index in [1.165, 1.54) is 6.42 Å². The van der Waals surface area contributed by atoms with Crippen LogP contribution in [-0.2, 0) is 0 Å². The van der Waals surface area contributed by atoms with Gasteiger partial charge in [-0.2, -0.15) is 0 Å². The first kappa shape index (κ1) is 7.21. The van der Waals surface area contributed by atoms with Gasteiger partial charge in [-0.05, 0) is 12.8 Å². The van der Waals surface area contributed by atoms with Crippen LogP contribution in [0.3, 0.4) is 0 Å². The van der Waals surface area contributed by atoms with E-state index in [2.05, 4.69) is 5.48 Å². The van der Waals surface area contributed by atoms with Crippen molar-refractivity contribution in [3.05, 3.63) is 0 Å². The molecule has 1 aliphatic carbocycles. The third-order valence-electron chi connectivity index (χ3n) is 1.29. The maximum absolute atomic E-state index is 8.14. The summed E-state index contributed by atoms with van der Waals surface area (Å²) in [5, 5.41) is 8.14. The SMILES string of the molecule is Cl.ONC1CCC1. The molecule has 0 aromatic rings. The fourth-order valence-electron chi connectivity index (χ4n) is 0.537. The van der Waals surface area contributed by atoms with Crippen LogP contribution in [0.1, 0.15) is 19.3 Å². The van der Waals surface area contributed by atoms with E-state index in [0.717, 1.165) is 12.8 Å². The summed E-state index contributed by atoms with van der Waals surface area (Å²) in [4.78, 5) is 0. The van der Waals surface area contributed by atoms with Gasteiger partial charge in [0.25, 0.3) is 0 Å². The van der Waals surface area contributed by atoms with Gasteiger partial charge < -0.3 is 5.21 Å². The molecule has 0 unspecified atom stereocenters. The van der Waals surface area contributed by atoms with E-state index in [1.807, 2.05) is 0 Å². The molecular formula is C4H10ClNO. The lowest BCUT2D eigenvalue weighted by Crippen LogP contribution is -2.32. The quantitative estimate of drug-likeness (QED) is 0.509. The van der Waals surface area contributed by atoms with Gasteiger partial charge in [-0.1, -0.05) is 6.42 Å². The van der Waals surface area contributed by atoms with E-state index < -0.39 is 0 Å². The summed E-state index contributed by atoms with van der Waals surface area (Å²) >= 11 is 0. The highest BCUT2D eigenvalue weighted by Gasteiger charge is 2.14. The van der Waals surface area contributed by atoms with Crippen LogP contribution in [-0.4, -0.2) is 11.2 Å². The van der Waals surface area contributed by atoms with Crippen molar-refractivity contribution in [2.24, 2.45) is 0 Å². The zero-order valence-corrected chi connectivity index (χ0v) is 4.87. The van der Waals surface area contributed by atoms with E-state index in [9.17, 15) is 0 Å². The standard InChI is InChI=1S/C4H9NO.ClH/c6-5-4-2-1-3-4;/h4-6H,1-3H2;1H. The fourth-order valence-corrected chi connectivity index (χ4v) is 0.537. The molecule has 0 atom stereocenters. The highest BCUT2D eigenvalue weighted by Crippen LogP contribution is 2.16. The Labute approximate surface area is 49.3 Å². The first-order valence-electron chi connectivity index (χ1n) is 2.33. The number of rotatable bonds is 1. The number of halogens is 1. The van der Waals surface area contributed by atoms with Crippen molar-refractivity contribution in [2.75, 3.05) is 0 Å². The van der Waals surface area contributed by atoms with Crippen molar-refractivity contribution in [3.8, 4) is 0 Å². The molecule has 3 heteroatoms. The van der Waals surface area contributed by atoms with Crippen LogP contribution in [0.15, 0.2) is 0 Å². The molecule has 0 bridgehead atoms. The van der Waals surface area contributed by atoms with Crippen LogP contribution >= 0.6 is 12.4 Å². The lowest BCUT2D eigenvalue weighted by atomic mass is 9.94. The molecule has 1 rings (SSSR count). The highest BCUT2D eigenvalue weighted by atomic mass is 35.5. The Bertz CT molecular complexity index is 44.2. The Morgan fingerprint density at radius 3 is 2.00 bits per heavy atom. The van der Waals surface area contributed by atoms with Gasteiger partial charge in [-0.3, -0.25) is 0 Å². The van der Waals surface area contributed by atoms with Crippen LogP contribution in [0.4, 0.5) is 0 Å². The maximum atomic E-state index is 8.14. The maximum Gasteiger partial charge on any atom is 0.0319 e. The molecule has 0 aromatic carbocycles. The van der Waals surface area contributed by atoms with E-state index in [1.54, 1.807) is 0 Å². The third-order valence-corrected chi connectivity index (χ3v) is 1.29. The predicted molar refractivity (Wildman–Crippen MR) is 29.8 cm³/mol. The van der Waals surface area contributed by atoms with Crippen LogP contribution in [0.5, 0.6) is 0 Å². The zero-order valence-electron chi connectivity index (χ0n) is 4.05. The Balaban J connectivity index is 0.000000360. The molecule has 2 nitrogen and oxygen atoms in total. The Morgan fingerprint density at radius 2 is 2.00 bits per heavy atom. The first-order chi connectivity index (χ1) is 2.93. The minimum atomic E-state index is 0. The zero-order chi connectivity index (χ0) is 4.41. The molecule has 0 amide bonds. The van der Waals surface area contributed by atoms with E-state index in [4.69, 9.17) is 5.21 Å². The van der Waals surface area contributed by atoms with Crippen molar-refractivity contribution in [2.45, 2.75) is 25.3 Å². The molecule has 44 valence electrons. The van der Waals surface area contributed by atoms with Gasteiger partial charge in [0.2, 0.25) is 0 Å². The van der Waals surface area contributed by atoms with E-state index in [-0.39, 0.29) is 12.4 Å². The van der Waals surface area contributed by atoms with Crippen molar-refractivity contribution < 1.29 is 5.21 Å². The molecule has 0 saturated heterocycles. The molecule has 1 aliphatic rings. The Hall–Kier alpha value is 0.210. The minimum absolute atomic E-state index is 0. The lowest BCUT2D eigenvalue weighted by Gasteiger charge is -2.22. The summed E-state index contributed by atoms with van der Waals surface area (Å²) in [6, 6.07) is 0.421. The van der Waals surface area contributed by atoms with Crippen molar-refractivity contribution in [3.63, 3.8) is 0 Å². The largest absolute Gasteiger partial charge is 0.317 e. The first-order valence-corrected chi connectivity index (χ1v) is 2.33. The second-order valence-electron chi connectivity index (χ2n) is 1.76. The number of hydrogen-bond acceptors (Lipinski definition) is 2. The molecule has 1 fully saturated rings. The fraction of sp³-hybridized carbons (Fsp3) is 1.00. The number of hydrogen-bond donors (Lipinski definition) is 2. The molecule has 0 radical (unpaired) electrons. The molecule has 0 spiro atoms. The summed E-state index contributed by atoms with van der Waals surface area (Å²) in [7, 11) is 0. The average Bonchev–Trinajstić information content (AvgIpc) is 1.31. The van der Waals surface area contributed by atoms with Crippen molar-refractivity contribution in [1.82, 2.24) is 5.48 Å². The molecule has 0 heterocycles. The lowest BCUT2D eigenvalue weighted by molar-refractivity contribution is 0.0893. The van der Waals surface area contributed by atoms with Crippen molar-refractivity contribution in [1.29, 1.82) is 0 Å². The van der Waals surface area contributed by atoms with Crippen LogP contribution in [0.25, 0.3) is 0 Å². The molecular weight excluding hydrogens is 114 g/mol. The van der Waals surface area contributed by atoms with Gasteiger partial charge >= 0.3 is 0 Å². The van der Waals surface area contributed by atoms with Gasteiger partial charge in [-0.25, -0.2) is 5.48 Å². The third kappa shape index (κ3) is 1.63. The average molecular weight is 124 g/mol. The highest BCUT2D eigenvalue weighted by molar-refractivity contribution is 5.85. The summed E-state index contributed by atoms with van der Waals surface area (Å²) < 4.78 is 0. The minimum Gasteiger partial charge on any atom is -0.317 e. The topological polar surface area (TPSA) is 32.3 Å². The van der Waals surface area contributed by atoms with Crippen LogP contribution < -0.4 is 5.48 Å². The second kappa shape index (κ2) is 3.24. The number of hydroxylamine groups is 1. The van der Waals surface area contributed by atoms with Crippen LogP contribution in [0.2, 0.25) is 0 Å². The van der Waals surface area contributed by atoms with Crippen LogP contribution in [0, 0.1) is 0 Å². The molecule has 0 aromatic heterocycles. The van der Waals surface area contributed by atoms with Gasteiger partial charge in [-0.15, -0.1) is 12.4 Å². The van der Waals surface area contributed by atoms with Gasteiger partial charge in [0.05, 0.1) is 0 Å². The molecule has 2 N–H and O–H groups in total. The summed E-state index contributed by atoms with van der Waals surface area (Å²) in [6.45, 7) is 0. The smallest absolute Gasteiger partial charge is 0.0319 e. The van der Waals surface area contributed by atoms with Crippen molar-refractivity contribution >= 4 is 12.4 Å². The summed E-state index contributed by atoms with van der Waals surface area (Å²) in [5.74, 6) is 0. The second-order valence-corrected chi connectivity index (χ2v) is 1.76. The Morgan fingerprint density at radius 1 is 1.43 bits per heavy atom. The van der Waals surface area contributed by atoms with Gasteiger partial charge in [0.15, 0.2) is 0 Å². The summed E-state index contributed by atoms with van der Waals surface area (Å²) in [6.07, 6.45) is 3.57. The Kier molecular flexibility index (Phi) is 3.34. The molecule has 0 aliphatic heterocycles. The molecule has 7 heavy (non-hydrogen) atoms. The normalized spacial score (nSPS) is 20.1. The monoisotopic (exact) mass is 123 g/mol. The van der Waals surface area contributed by atoms with E-state index >= 15 is 0 Å². The van der Waals surface area contributed by atoms with E-state index in [0.29, 0.717) is 6.04 Å². The summed E-state index contributed by atoms with van der Waals surface area (Å²) in [5.41, 5.74) is 2.20. The van der Waals surface area contributed by atoms with Gasteiger partial charge in [0, 0.05) is 6.04 Å². The number of nitrogens with one attached hydrogen (secondary N) is 1. The predicted octanol–water partition coefficient (Wildman–Crippen LogP) is 0.940. The molecule has 1 saturated carbocycles. The van der Waals surface area contributed by atoms with Gasteiger partial charge in [0.1, 0.15) is 0 Å².